The number of nitrogens with zero attached hydrogens (tertiary/aromatic N) is 4. The number of hydrogen-bond donors (Lipinski definition) is 3. The van der Waals surface area contributed by atoms with Gasteiger partial charge in [0.05, 0.1) is 17.1 Å². The fourth-order valence-corrected chi connectivity index (χ4v) is 5.96. The van der Waals surface area contributed by atoms with Crippen molar-refractivity contribution in [1.82, 2.24) is 30.5 Å². The lowest BCUT2D eigenvalue weighted by molar-refractivity contribution is 0.0508. The van der Waals surface area contributed by atoms with Crippen molar-refractivity contribution in [3.63, 3.8) is 0 Å². The van der Waals surface area contributed by atoms with Crippen molar-refractivity contribution in [2.45, 2.75) is 39.3 Å². The summed E-state index contributed by atoms with van der Waals surface area (Å²) in [5, 5.41) is 9.91. The summed E-state index contributed by atoms with van der Waals surface area (Å²) in [7, 11) is 0. The molecule has 42 heavy (non-hydrogen) atoms. The number of anilines is 1. The Labute approximate surface area is 251 Å². The highest BCUT2D eigenvalue weighted by Crippen LogP contribution is 2.41. The zero-order chi connectivity index (χ0) is 30.0. The first-order valence-corrected chi connectivity index (χ1v) is 14.7. The summed E-state index contributed by atoms with van der Waals surface area (Å²) in [5.41, 5.74) is 1.93. The summed E-state index contributed by atoms with van der Waals surface area (Å²) >= 11 is 7.72. The molecule has 1 unspecified atom stereocenters. The van der Waals surface area contributed by atoms with Crippen molar-refractivity contribution < 1.29 is 18.7 Å². The van der Waals surface area contributed by atoms with Crippen LogP contribution >= 0.6 is 22.9 Å². The van der Waals surface area contributed by atoms with Crippen LogP contribution in [-0.4, -0.2) is 63.8 Å². The molecular weight excluding hydrogens is 581 g/mol. The molecule has 1 saturated heterocycles. The van der Waals surface area contributed by atoms with Crippen LogP contribution in [0.3, 0.4) is 0 Å². The van der Waals surface area contributed by atoms with Crippen LogP contribution in [0.5, 0.6) is 0 Å². The maximum absolute atomic E-state index is 15.0. The largest absolute Gasteiger partial charge is 0.444 e. The highest BCUT2D eigenvalue weighted by molar-refractivity contribution is 7.22. The molecule has 3 N–H and O–H groups in total. The van der Waals surface area contributed by atoms with Crippen LogP contribution in [0.2, 0.25) is 5.15 Å². The topological polar surface area (TPSA) is 121 Å². The Balaban J connectivity index is 1.44. The van der Waals surface area contributed by atoms with Gasteiger partial charge in [-0.05, 0) is 50.8 Å². The lowest BCUT2D eigenvalue weighted by Gasteiger charge is -2.23. The standard InChI is InChI=1S/C29H31ClFN7O3S/c1-16(36-28(40)41-29(2,3)4)20-14-34-23(30)13-19(20)18-7-5-6-17-12-22(42-25(17)18)24-21(31)15-35-26(37-24)32-8-10-38-11-9-33-27(38)39/h5-7,12-16H,8-11H2,1-4H3,(H,33,39)(H,36,40)(H,32,35,37). The first-order chi connectivity index (χ1) is 20.0. The second-order valence-electron chi connectivity index (χ2n) is 10.8. The highest BCUT2D eigenvalue weighted by atomic mass is 35.5. The molecule has 0 bridgehead atoms. The summed E-state index contributed by atoms with van der Waals surface area (Å²) in [6.45, 7) is 9.42. The van der Waals surface area contributed by atoms with Gasteiger partial charge >= 0.3 is 12.1 Å². The van der Waals surface area contributed by atoms with E-state index in [2.05, 4.69) is 30.9 Å². The Morgan fingerprint density at radius 2 is 2.05 bits per heavy atom. The van der Waals surface area contributed by atoms with Gasteiger partial charge in [-0.2, -0.15) is 0 Å². The molecule has 5 rings (SSSR count). The van der Waals surface area contributed by atoms with Crippen LogP contribution in [0.1, 0.15) is 39.3 Å². The van der Waals surface area contributed by atoms with Crippen LogP contribution in [0.25, 0.3) is 31.8 Å². The zero-order valence-corrected chi connectivity index (χ0v) is 25.2. The Bertz CT molecular complexity index is 1640. The van der Waals surface area contributed by atoms with E-state index in [1.54, 1.807) is 37.9 Å². The number of carbonyl (C=O) groups excluding carboxylic acids is 2. The quantitative estimate of drug-likeness (QED) is 0.202. The second-order valence-corrected chi connectivity index (χ2v) is 12.3. The summed E-state index contributed by atoms with van der Waals surface area (Å²) in [4.78, 5) is 39.3. The van der Waals surface area contributed by atoms with Crippen molar-refractivity contribution in [1.29, 1.82) is 0 Å². The number of pyridine rings is 1. The van der Waals surface area contributed by atoms with Crippen LogP contribution in [0.15, 0.2) is 42.7 Å². The normalized spacial score (nSPS) is 14.1. The molecule has 0 radical (unpaired) electrons. The van der Waals surface area contributed by atoms with E-state index in [1.807, 2.05) is 31.2 Å². The van der Waals surface area contributed by atoms with Gasteiger partial charge in [-0.3, -0.25) is 0 Å². The molecule has 4 heterocycles. The van der Waals surface area contributed by atoms with Crippen LogP contribution in [-0.2, 0) is 4.74 Å². The monoisotopic (exact) mass is 611 g/mol. The number of rotatable bonds is 8. The fourth-order valence-electron chi connectivity index (χ4n) is 4.62. The Morgan fingerprint density at radius 3 is 2.79 bits per heavy atom. The average molecular weight is 612 g/mol. The van der Waals surface area contributed by atoms with E-state index in [1.165, 1.54) is 11.3 Å². The van der Waals surface area contributed by atoms with Gasteiger partial charge in [0.15, 0.2) is 5.82 Å². The summed E-state index contributed by atoms with van der Waals surface area (Å²) in [6, 6.07) is 8.92. The van der Waals surface area contributed by atoms with Gasteiger partial charge in [-0.1, -0.05) is 29.8 Å². The number of fused-ring (bicyclic) bond motifs is 1. The first-order valence-electron chi connectivity index (χ1n) is 13.5. The molecule has 0 aliphatic carbocycles. The molecule has 1 aliphatic rings. The third-order valence-corrected chi connectivity index (χ3v) is 7.92. The smallest absolute Gasteiger partial charge is 0.408 e. The van der Waals surface area contributed by atoms with Crippen molar-refractivity contribution in [2.24, 2.45) is 0 Å². The number of aromatic nitrogens is 3. The van der Waals surface area contributed by atoms with Crippen molar-refractivity contribution in [3.8, 4) is 21.7 Å². The lowest BCUT2D eigenvalue weighted by Crippen LogP contribution is -2.34. The van der Waals surface area contributed by atoms with E-state index in [-0.39, 0.29) is 17.7 Å². The Hall–Kier alpha value is -4.03. The molecule has 0 saturated carbocycles. The molecular formula is C29H31ClFN7O3S. The van der Waals surface area contributed by atoms with Gasteiger partial charge in [-0.15, -0.1) is 11.3 Å². The third kappa shape index (κ3) is 6.71. The first kappa shape index (κ1) is 29.5. The number of hydrogen-bond acceptors (Lipinski definition) is 8. The molecule has 13 heteroatoms. The van der Waals surface area contributed by atoms with E-state index >= 15 is 4.39 Å². The zero-order valence-electron chi connectivity index (χ0n) is 23.6. The molecule has 3 amide bonds. The molecule has 10 nitrogen and oxygen atoms in total. The van der Waals surface area contributed by atoms with Crippen molar-refractivity contribution in [3.05, 3.63) is 59.3 Å². The van der Waals surface area contributed by atoms with Crippen LogP contribution in [0, 0.1) is 5.82 Å². The SMILES string of the molecule is CC(NC(=O)OC(C)(C)C)c1cnc(Cl)cc1-c1cccc2cc(-c3nc(NCCN4CCNC4=O)ncc3F)sc12. The van der Waals surface area contributed by atoms with Crippen LogP contribution in [0.4, 0.5) is 19.9 Å². The van der Waals surface area contributed by atoms with E-state index in [0.717, 1.165) is 33.0 Å². The molecule has 3 aromatic heterocycles. The maximum Gasteiger partial charge on any atom is 0.408 e. The number of benzene rings is 1. The van der Waals surface area contributed by atoms with Gasteiger partial charge < -0.3 is 25.6 Å². The van der Waals surface area contributed by atoms with Gasteiger partial charge in [0.2, 0.25) is 5.95 Å². The Morgan fingerprint density at radius 1 is 1.24 bits per heavy atom. The van der Waals surface area contributed by atoms with E-state index < -0.39 is 23.6 Å². The summed E-state index contributed by atoms with van der Waals surface area (Å²) in [6.07, 6.45) is 2.24. The van der Waals surface area contributed by atoms with Crippen molar-refractivity contribution >= 4 is 51.1 Å². The molecule has 1 aromatic carbocycles. The fraction of sp³-hybridized carbons (Fsp3) is 0.345. The number of thiophene rings is 1. The minimum atomic E-state index is -0.639. The number of amides is 3. The molecule has 0 spiro atoms. The molecule has 1 fully saturated rings. The predicted molar refractivity (Wildman–Crippen MR) is 162 cm³/mol. The molecule has 1 aliphatic heterocycles. The van der Waals surface area contributed by atoms with Gasteiger partial charge in [0, 0.05) is 48.2 Å². The minimum absolute atomic E-state index is 0.104. The number of urea groups is 1. The summed E-state index contributed by atoms with van der Waals surface area (Å²) in [5.74, 6) is -0.274. The van der Waals surface area contributed by atoms with E-state index in [0.29, 0.717) is 36.2 Å². The van der Waals surface area contributed by atoms with Crippen molar-refractivity contribution in [2.75, 3.05) is 31.5 Å². The minimum Gasteiger partial charge on any atom is -0.444 e. The molecule has 1 atom stereocenters. The molecule has 220 valence electrons. The van der Waals surface area contributed by atoms with Gasteiger partial charge in [0.1, 0.15) is 16.4 Å². The lowest BCUT2D eigenvalue weighted by atomic mass is 9.97. The van der Waals surface area contributed by atoms with Gasteiger partial charge in [0.25, 0.3) is 0 Å². The Kier molecular flexibility index (Phi) is 8.46. The summed E-state index contributed by atoms with van der Waals surface area (Å²) < 4.78 is 21.3. The van der Waals surface area contributed by atoms with Gasteiger partial charge in [-0.25, -0.2) is 28.9 Å². The highest BCUT2D eigenvalue weighted by Gasteiger charge is 2.23. The van der Waals surface area contributed by atoms with E-state index in [9.17, 15) is 9.59 Å². The predicted octanol–water partition coefficient (Wildman–Crippen LogP) is 6.24. The van der Waals surface area contributed by atoms with E-state index in [4.69, 9.17) is 16.3 Å². The number of carbonyl (C=O) groups is 2. The third-order valence-electron chi connectivity index (χ3n) is 6.52. The number of halogens is 2. The average Bonchev–Trinajstić information content (AvgIpc) is 3.54. The number of nitrogens with one attached hydrogen (secondary N) is 3. The second kappa shape index (κ2) is 12.1. The molecule has 4 aromatic rings. The van der Waals surface area contributed by atoms with Crippen LogP contribution < -0.4 is 16.0 Å². The number of alkyl carbamates (subject to hydrolysis) is 1. The number of ether oxygens (including phenoxy) is 1. The maximum atomic E-state index is 15.0.